The minimum Gasteiger partial charge on any atom is -0.383 e. The van der Waals surface area contributed by atoms with Crippen molar-refractivity contribution < 1.29 is 0 Å². The van der Waals surface area contributed by atoms with E-state index in [0.29, 0.717) is 5.82 Å². The summed E-state index contributed by atoms with van der Waals surface area (Å²) in [6.45, 7) is 2.90. The lowest BCUT2D eigenvalue weighted by Crippen LogP contribution is -1.91. The van der Waals surface area contributed by atoms with Crippen molar-refractivity contribution in [3.8, 4) is 21.8 Å². The van der Waals surface area contributed by atoms with Crippen LogP contribution in [0.4, 0.5) is 5.82 Å². The Hall–Kier alpha value is -2.15. The van der Waals surface area contributed by atoms with Gasteiger partial charge in [-0.05, 0) is 6.92 Å². The first-order valence-electron chi connectivity index (χ1n) is 5.55. The summed E-state index contributed by atoms with van der Waals surface area (Å²) in [7, 11) is 0. The van der Waals surface area contributed by atoms with Crippen LogP contribution in [0, 0.1) is 0 Å². The Kier molecular flexibility index (Phi) is 2.60. The number of anilines is 1. The summed E-state index contributed by atoms with van der Waals surface area (Å²) in [5.74, 6) is 0.542. The molecule has 0 saturated carbocycles. The molecule has 92 valence electrons. The number of hydrogen-bond donors (Lipinski definition) is 2. The normalized spacial score (nSPS) is 10.9. The summed E-state index contributed by atoms with van der Waals surface area (Å²) in [5, 5.41) is 13.7. The van der Waals surface area contributed by atoms with Crippen LogP contribution in [0.2, 0.25) is 0 Å². The molecule has 0 aliphatic rings. The summed E-state index contributed by atoms with van der Waals surface area (Å²) in [6.07, 6.45) is 5.49. The first kappa shape index (κ1) is 11.0. The number of H-pyrrole nitrogens is 1. The van der Waals surface area contributed by atoms with E-state index in [1.807, 2.05) is 22.5 Å². The molecule has 3 aromatic rings. The molecule has 0 unspecified atom stereocenters. The van der Waals surface area contributed by atoms with Gasteiger partial charge in [-0.25, -0.2) is 4.98 Å². The molecule has 3 N–H and O–H groups in total. The van der Waals surface area contributed by atoms with E-state index in [-0.39, 0.29) is 0 Å². The van der Waals surface area contributed by atoms with Crippen molar-refractivity contribution >= 4 is 17.2 Å². The number of nitrogen functional groups attached to an aromatic ring is 1. The van der Waals surface area contributed by atoms with Crippen molar-refractivity contribution in [2.24, 2.45) is 0 Å². The van der Waals surface area contributed by atoms with Gasteiger partial charge < -0.3 is 5.73 Å². The highest BCUT2D eigenvalue weighted by Crippen LogP contribution is 2.30. The highest BCUT2D eigenvalue weighted by molar-refractivity contribution is 7.13. The number of aromatic amines is 1. The molecule has 0 amide bonds. The highest BCUT2D eigenvalue weighted by Gasteiger charge is 2.11. The third-order valence-corrected chi connectivity index (χ3v) is 3.53. The fourth-order valence-electron chi connectivity index (χ4n) is 1.67. The van der Waals surface area contributed by atoms with Crippen molar-refractivity contribution in [2.75, 3.05) is 5.73 Å². The number of nitrogens with one attached hydrogen (secondary N) is 1. The van der Waals surface area contributed by atoms with Crippen LogP contribution in [0.5, 0.6) is 0 Å². The monoisotopic (exact) mass is 260 g/mol. The molecule has 3 rings (SSSR count). The van der Waals surface area contributed by atoms with Crippen LogP contribution in [0.1, 0.15) is 6.92 Å². The number of aryl methyl sites for hydroxylation is 1. The lowest BCUT2D eigenvalue weighted by atomic mass is 10.3. The molecule has 3 heterocycles. The van der Waals surface area contributed by atoms with Gasteiger partial charge in [-0.3, -0.25) is 9.78 Å². The van der Waals surface area contributed by atoms with E-state index in [1.165, 1.54) is 0 Å². The molecule has 0 fully saturated rings. The van der Waals surface area contributed by atoms with Gasteiger partial charge in [0.1, 0.15) is 10.8 Å². The maximum atomic E-state index is 5.78. The number of hydrogen-bond acceptors (Lipinski definition) is 5. The first-order chi connectivity index (χ1) is 8.78. The molecule has 0 aliphatic heterocycles. The fourth-order valence-corrected chi connectivity index (χ4v) is 2.52. The second-order valence-electron chi connectivity index (χ2n) is 3.82. The van der Waals surface area contributed by atoms with E-state index in [9.17, 15) is 0 Å². The minimum atomic E-state index is 0.542. The van der Waals surface area contributed by atoms with Gasteiger partial charge in [-0.15, -0.1) is 11.3 Å². The van der Waals surface area contributed by atoms with Crippen LogP contribution in [0.15, 0.2) is 24.0 Å². The van der Waals surface area contributed by atoms with Crippen LogP contribution in [-0.4, -0.2) is 25.0 Å². The van der Waals surface area contributed by atoms with Gasteiger partial charge in [0, 0.05) is 23.7 Å². The van der Waals surface area contributed by atoms with Crippen molar-refractivity contribution in [3.05, 3.63) is 24.0 Å². The average Bonchev–Trinajstić information content (AvgIpc) is 3.07. The molecule has 0 atom stereocenters. The maximum Gasteiger partial charge on any atom is 0.129 e. The highest BCUT2D eigenvalue weighted by atomic mass is 32.1. The van der Waals surface area contributed by atoms with Crippen LogP contribution in [0.3, 0.4) is 0 Å². The summed E-state index contributed by atoms with van der Waals surface area (Å²) in [4.78, 5) is 4.56. The van der Waals surface area contributed by atoms with E-state index in [2.05, 4.69) is 27.2 Å². The van der Waals surface area contributed by atoms with Gasteiger partial charge in [0.25, 0.3) is 0 Å². The quantitative estimate of drug-likeness (QED) is 0.754. The molecule has 7 heteroatoms. The second kappa shape index (κ2) is 4.26. The van der Waals surface area contributed by atoms with Gasteiger partial charge in [-0.1, -0.05) is 0 Å². The molecule has 0 radical (unpaired) electrons. The first-order valence-corrected chi connectivity index (χ1v) is 6.43. The predicted octanol–water partition coefficient (Wildman–Crippen LogP) is 2.00. The van der Waals surface area contributed by atoms with Crippen molar-refractivity contribution in [1.29, 1.82) is 0 Å². The van der Waals surface area contributed by atoms with E-state index in [0.717, 1.165) is 28.4 Å². The molecule has 0 bridgehead atoms. The maximum absolute atomic E-state index is 5.78. The lowest BCUT2D eigenvalue weighted by molar-refractivity contribution is 0.660. The number of aromatic nitrogens is 5. The number of nitrogens with zero attached hydrogens (tertiary/aromatic N) is 4. The van der Waals surface area contributed by atoms with Crippen LogP contribution in [0.25, 0.3) is 21.8 Å². The zero-order chi connectivity index (χ0) is 12.5. The molecular formula is C11H12N6S. The van der Waals surface area contributed by atoms with Crippen molar-refractivity contribution in [2.45, 2.75) is 13.5 Å². The summed E-state index contributed by atoms with van der Waals surface area (Å²) in [5.41, 5.74) is 8.55. The van der Waals surface area contributed by atoms with Gasteiger partial charge >= 0.3 is 0 Å². The third-order valence-electron chi connectivity index (χ3n) is 2.66. The Morgan fingerprint density at radius 1 is 1.44 bits per heavy atom. The Balaban J connectivity index is 1.96. The minimum absolute atomic E-state index is 0.542. The van der Waals surface area contributed by atoms with E-state index in [4.69, 9.17) is 5.73 Å². The number of rotatable bonds is 3. The van der Waals surface area contributed by atoms with Gasteiger partial charge in [0.2, 0.25) is 0 Å². The topological polar surface area (TPSA) is 85.4 Å². The summed E-state index contributed by atoms with van der Waals surface area (Å²) >= 11 is 1.54. The molecule has 0 aliphatic carbocycles. The average molecular weight is 260 g/mol. The Labute approximate surface area is 107 Å². The number of nitrogens with two attached hydrogens (primary N) is 1. The Bertz CT molecular complexity index is 664. The molecule has 0 aromatic carbocycles. The Morgan fingerprint density at radius 3 is 3.00 bits per heavy atom. The third kappa shape index (κ3) is 1.78. The zero-order valence-corrected chi connectivity index (χ0v) is 10.6. The molecular weight excluding hydrogens is 248 g/mol. The van der Waals surface area contributed by atoms with Crippen molar-refractivity contribution in [1.82, 2.24) is 25.0 Å². The van der Waals surface area contributed by atoms with Gasteiger partial charge in [-0.2, -0.15) is 10.2 Å². The van der Waals surface area contributed by atoms with Crippen LogP contribution in [-0.2, 0) is 6.54 Å². The molecule has 0 spiro atoms. The largest absolute Gasteiger partial charge is 0.383 e. The fraction of sp³-hybridized carbons (Fsp3) is 0.182. The standard InChI is InChI=1S/C11H12N6S/c1-2-17-5-7(3-14-17)9-6-18-11(15-9)8-4-13-16-10(8)12/h3-6H,2H2,1H3,(H3,12,13,16). The SMILES string of the molecule is CCn1cc(-c2csc(-c3cn[nH]c3N)n2)cn1. The van der Waals surface area contributed by atoms with Crippen molar-refractivity contribution in [3.63, 3.8) is 0 Å². The molecule has 0 saturated heterocycles. The zero-order valence-electron chi connectivity index (χ0n) is 9.79. The lowest BCUT2D eigenvalue weighted by Gasteiger charge is -1.92. The Morgan fingerprint density at radius 2 is 2.33 bits per heavy atom. The molecule has 18 heavy (non-hydrogen) atoms. The van der Waals surface area contributed by atoms with E-state index >= 15 is 0 Å². The smallest absolute Gasteiger partial charge is 0.129 e. The van der Waals surface area contributed by atoms with Crippen LogP contribution < -0.4 is 5.73 Å². The number of thiazole rings is 1. The van der Waals surface area contributed by atoms with Gasteiger partial charge in [0.15, 0.2) is 0 Å². The van der Waals surface area contributed by atoms with Gasteiger partial charge in [0.05, 0.1) is 23.7 Å². The summed E-state index contributed by atoms with van der Waals surface area (Å²) in [6, 6.07) is 0. The van der Waals surface area contributed by atoms with E-state index in [1.54, 1.807) is 17.5 Å². The van der Waals surface area contributed by atoms with Crippen LogP contribution >= 0.6 is 11.3 Å². The van der Waals surface area contributed by atoms with E-state index < -0.39 is 0 Å². The summed E-state index contributed by atoms with van der Waals surface area (Å²) < 4.78 is 1.88. The second-order valence-corrected chi connectivity index (χ2v) is 4.68. The molecule has 3 aromatic heterocycles. The predicted molar refractivity (Wildman–Crippen MR) is 71.0 cm³/mol. The molecule has 6 nitrogen and oxygen atoms in total.